The monoisotopic (exact) mass is 584 g/mol. The van der Waals surface area contributed by atoms with Crippen LogP contribution in [0.25, 0.3) is 0 Å². The molecule has 0 aromatic carbocycles. The average Bonchev–Trinajstić information content (AvgIpc) is 3.62. The number of epoxide rings is 1. The largest absolute Gasteiger partial charge is 0.394 e. The minimum absolute atomic E-state index is 0.122. The van der Waals surface area contributed by atoms with E-state index in [1.54, 1.807) is 7.11 Å². The van der Waals surface area contributed by atoms with Gasteiger partial charge in [0.1, 0.15) is 0 Å². The first-order chi connectivity index (χ1) is 13.6. The third-order valence-corrected chi connectivity index (χ3v) is 3.95. The molecule has 0 spiro atoms. The van der Waals surface area contributed by atoms with E-state index in [-0.39, 0.29) is 19.8 Å². The van der Waals surface area contributed by atoms with Crippen LogP contribution in [0.4, 0.5) is 0 Å². The molecule has 28 heavy (non-hydrogen) atoms. The summed E-state index contributed by atoms with van der Waals surface area (Å²) >= 11 is 16.5. The zero-order valence-electron chi connectivity index (χ0n) is 17.4. The Morgan fingerprint density at radius 2 is 1.14 bits per heavy atom. The van der Waals surface area contributed by atoms with Crippen LogP contribution in [0.5, 0.6) is 0 Å². The summed E-state index contributed by atoms with van der Waals surface area (Å²) in [6.07, 6.45) is 0. The zero-order valence-corrected chi connectivity index (χ0v) is 22.1. The predicted molar refractivity (Wildman–Crippen MR) is 126 cm³/mol. The molecule has 0 amide bonds. The molecule has 11 heteroatoms. The van der Waals surface area contributed by atoms with Gasteiger partial charge in [-0.3, -0.25) is 0 Å². The maximum absolute atomic E-state index is 7.94. The number of aliphatic hydroxyl groups excluding tert-OH is 3. The Morgan fingerprint density at radius 1 is 0.786 bits per heavy atom. The summed E-state index contributed by atoms with van der Waals surface area (Å²) in [5.41, 5.74) is 0. The van der Waals surface area contributed by atoms with Crippen LogP contribution in [-0.4, -0.2) is 111 Å². The molecule has 1 fully saturated rings. The van der Waals surface area contributed by atoms with E-state index >= 15 is 0 Å². The third-order valence-electron chi connectivity index (χ3n) is 1.52. The number of aliphatic hydroxyl groups is 3. The maximum atomic E-state index is 7.94. The van der Waals surface area contributed by atoms with Crippen molar-refractivity contribution in [3.63, 3.8) is 0 Å². The molecule has 0 aromatic heterocycles. The smallest absolute Gasteiger partial charge is 0.0701 e. The second-order valence-electron chi connectivity index (χ2n) is 3.93. The Morgan fingerprint density at radius 3 is 1.21 bits per heavy atom. The van der Waals surface area contributed by atoms with Crippen LogP contribution in [-0.2, 0) is 18.9 Å². The quantitative estimate of drug-likeness (QED) is 0.206. The number of methoxy groups -OCH3 is 1. The molecule has 0 unspecified atom stereocenters. The highest BCUT2D eigenvalue weighted by atomic mass is 79.9. The minimum Gasteiger partial charge on any atom is -0.394 e. The first-order valence-electron chi connectivity index (χ1n) is 8.86. The van der Waals surface area contributed by atoms with E-state index in [0.29, 0.717) is 18.4 Å². The highest BCUT2D eigenvalue weighted by Gasteiger charge is 1.94. The van der Waals surface area contributed by atoms with Gasteiger partial charge in [-0.15, -0.1) is 23.2 Å². The van der Waals surface area contributed by atoms with Crippen molar-refractivity contribution in [2.75, 3.05) is 95.6 Å². The van der Waals surface area contributed by atoms with Crippen molar-refractivity contribution in [3.8, 4) is 0 Å². The van der Waals surface area contributed by atoms with Crippen molar-refractivity contribution in [3.05, 3.63) is 0 Å². The average molecular weight is 587 g/mol. The first kappa shape index (κ1) is 39.7. The van der Waals surface area contributed by atoms with Crippen molar-refractivity contribution >= 4 is 55.1 Å². The second-order valence-corrected chi connectivity index (χ2v) is 6.27. The molecule has 1 rings (SSSR count). The molecule has 178 valence electrons. The van der Waals surface area contributed by atoms with Crippen molar-refractivity contribution < 1.29 is 34.3 Å². The zero-order chi connectivity index (χ0) is 22.7. The molecule has 0 atom stereocenters. The highest BCUT2D eigenvalue weighted by Crippen LogP contribution is 1.84. The van der Waals surface area contributed by atoms with Crippen LogP contribution in [0, 0.1) is 0 Å². The number of rotatable bonds is 10. The lowest BCUT2D eigenvalue weighted by molar-refractivity contribution is 0.0584. The van der Waals surface area contributed by atoms with Crippen LogP contribution in [0.2, 0.25) is 0 Å². The summed E-state index contributed by atoms with van der Waals surface area (Å²) in [5.74, 6) is 1.11. The molecule has 7 nitrogen and oxygen atoms in total. The van der Waals surface area contributed by atoms with Gasteiger partial charge in [0.05, 0.1) is 52.9 Å². The minimum atomic E-state index is -0.125. The lowest BCUT2D eigenvalue weighted by Gasteiger charge is -1.99. The van der Waals surface area contributed by atoms with E-state index in [4.69, 9.17) is 48.0 Å². The fourth-order valence-electron chi connectivity index (χ4n) is 0.498. The topological polar surface area (TPSA) is 101 Å². The SMILES string of the molecule is BrCCBr.C1CO1.CCOCCOCC.COCCO.ClCCCl.OCCO. The molecule has 0 aromatic rings. The van der Waals surface area contributed by atoms with Gasteiger partial charge in [-0.05, 0) is 13.8 Å². The van der Waals surface area contributed by atoms with Gasteiger partial charge in [-0.25, -0.2) is 0 Å². The number of halogens is 4. The van der Waals surface area contributed by atoms with Crippen LogP contribution >= 0.6 is 55.1 Å². The Hall–Kier alpha value is 1.26. The van der Waals surface area contributed by atoms with Gasteiger partial charge in [-0.1, -0.05) is 31.9 Å². The van der Waals surface area contributed by atoms with Gasteiger partial charge in [0.15, 0.2) is 0 Å². The summed E-state index contributed by atoms with van der Waals surface area (Å²) < 4.78 is 19.0. The molecule has 0 aliphatic carbocycles. The van der Waals surface area contributed by atoms with Crippen molar-refractivity contribution in [1.82, 2.24) is 0 Å². The van der Waals surface area contributed by atoms with E-state index in [2.05, 4.69) is 41.3 Å². The summed E-state index contributed by atoms with van der Waals surface area (Å²) in [6.45, 7) is 9.29. The molecule has 1 aliphatic heterocycles. The van der Waals surface area contributed by atoms with Crippen LogP contribution in [0.15, 0.2) is 0 Å². The van der Waals surface area contributed by atoms with Crippen LogP contribution in [0.3, 0.4) is 0 Å². The molecular formula is C17H40Br2Cl2O7. The predicted octanol–water partition coefficient (Wildman–Crippen LogP) is 2.91. The summed E-state index contributed by atoms with van der Waals surface area (Å²) in [6, 6.07) is 0. The summed E-state index contributed by atoms with van der Waals surface area (Å²) in [7, 11) is 1.55. The number of hydrogen-bond donors (Lipinski definition) is 3. The van der Waals surface area contributed by atoms with Crippen LogP contribution in [0.1, 0.15) is 13.8 Å². The Kier molecular flexibility index (Phi) is 80.3. The van der Waals surface area contributed by atoms with Gasteiger partial charge >= 0.3 is 0 Å². The second kappa shape index (κ2) is 56.6. The van der Waals surface area contributed by atoms with E-state index < -0.39 is 0 Å². The van der Waals surface area contributed by atoms with Gasteiger partial charge < -0.3 is 34.3 Å². The van der Waals surface area contributed by atoms with E-state index in [0.717, 1.165) is 50.3 Å². The molecule has 0 saturated carbocycles. The Balaban J connectivity index is -0.0000000781. The van der Waals surface area contributed by atoms with Crippen molar-refractivity contribution in [2.45, 2.75) is 13.8 Å². The standard InChI is InChI=1S/C6H14O2.C3H8O2.C2H4Br2.C2H4Cl2.C2H6O2.C2H4O/c1-3-7-5-6-8-4-2;1-5-3-2-4;3*3-1-2-4;1-2-3-1/h3-6H2,1-2H3;4H,2-3H2,1H3;2*1-2H2;3-4H,1-2H2;1-2H2. The van der Waals surface area contributed by atoms with E-state index in [1.807, 2.05) is 13.8 Å². The van der Waals surface area contributed by atoms with Crippen molar-refractivity contribution in [2.24, 2.45) is 0 Å². The van der Waals surface area contributed by atoms with Gasteiger partial charge in [0.2, 0.25) is 0 Å². The molecule has 3 N–H and O–H groups in total. The normalized spacial score (nSPS) is 10.1. The maximum Gasteiger partial charge on any atom is 0.0701 e. The third kappa shape index (κ3) is 125. The van der Waals surface area contributed by atoms with Gasteiger partial charge in [0, 0.05) is 42.7 Å². The molecular weight excluding hydrogens is 547 g/mol. The Labute approximate surface area is 198 Å². The fourth-order valence-corrected chi connectivity index (χ4v) is 0.498. The number of ether oxygens (including phenoxy) is 4. The van der Waals surface area contributed by atoms with Gasteiger partial charge in [0.25, 0.3) is 0 Å². The highest BCUT2D eigenvalue weighted by molar-refractivity contribution is 9.11. The number of hydrogen-bond acceptors (Lipinski definition) is 7. The molecule has 1 heterocycles. The van der Waals surface area contributed by atoms with Gasteiger partial charge in [-0.2, -0.15) is 0 Å². The molecule has 1 aliphatic rings. The number of alkyl halides is 4. The first-order valence-corrected chi connectivity index (χ1v) is 12.2. The fraction of sp³-hybridized carbons (Fsp3) is 1.00. The lowest BCUT2D eigenvalue weighted by Crippen LogP contribution is -2.02. The van der Waals surface area contributed by atoms with Crippen LogP contribution < -0.4 is 0 Å². The van der Waals surface area contributed by atoms with E-state index in [1.165, 1.54) is 0 Å². The molecule has 1 saturated heterocycles. The lowest BCUT2D eigenvalue weighted by atomic mass is 10.7. The summed E-state index contributed by atoms with van der Waals surface area (Å²) in [5, 5.41) is 25.3. The Bertz CT molecular complexity index is 163. The van der Waals surface area contributed by atoms with Crippen molar-refractivity contribution in [1.29, 1.82) is 0 Å². The summed E-state index contributed by atoms with van der Waals surface area (Å²) in [4.78, 5) is 0. The molecule has 0 bridgehead atoms. The van der Waals surface area contributed by atoms with E-state index in [9.17, 15) is 0 Å². The molecule has 0 radical (unpaired) electrons.